The molecule has 7 rings (SSSR count). The first kappa shape index (κ1) is 54.9. The number of hydrogen-bond acceptors (Lipinski definition) is 10. The summed E-state index contributed by atoms with van der Waals surface area (Å²) in [5, 5.41) is 18.2. The predicted molar refractivity (Wildman–Crippen MR) is 243 cm³/mol. The van der Waals surface area contributed by atoms with Crippen LogP contribution in [0.15, 0.2) is 42.5 Å². The second-order valence-corrected chi connectivity index (χ2v) is 24.3. The number of halogens is 11. The molecular formula is C45H44ClF10N7O8S2. The van der Waals surface area contributed by atoms with Crippen LogP contribution >= 0.6 is 11.6 Å². The third-order valence-corrected chi connectivity index (χ3v) is 16.3. The van der Waals surface area contributed by atoms with Gasteiger partial charge in [0.1, 0.15) is 30.4 Å². The lowest BCUT2D eigenvalue weighted by Gasteiger charge is -2.28. The molecule has 3 aromatic heterocycles. The first-order valence-corrected chi connectivity index (χ1v) is 26.0. The van der Waals surface area contributed by atoms with Gasteiger partial charge in [-0.1, -0.05) is 37.6 Å². The zero-order valence-corrected chi connectivity index (χ0v) is 41.6. The Hall–Kier alpha value is -5.83. The van der Waals surface area contributed by atoms with E-state index in [1.807, 2.05) is 0 Å². The van der Waals surface area contributed by atoms with E-state index in [4.69, 9.17) is 11.6 Å². The molecule has 1 unspecified atom stereocenters. The fourth-order valence-corrected chi connectivity index (χ4v) is 10.7. The Morgan fingerprint density at radius 1 is 0.918 bits per heavy atom. The first-order chi connectivity index (χ1) is 33.3. The smallest absolute Gasteiger partial charge is 0.435 e. The SMILES string of the molecule is CC(C)(CC(=O)O)C(=O)N(c1nn(CC(F)(F)F)c2c(-c3ccc(CCC(C)(C)S(C)(=O)=O)nc3[C@H](Cc3cc(F)cc(F)c3)NC(=O)Cn3nc(C(F)(F)F)c4c3C(F)(F)C3C[C@H]43)ccc(Cl)c12)S(C)(=O)=O. The molecule has 28 heteroatoms. The van der Waals surface area contributed by atoms with E-state index in [0.29, 0.717) is 12.3 Å². The molecule has 2 aliphatic carbocycles. The van der Waals surface area contributed by atoms with E-state index in [-0.39, 0.29) is 55.3 Å². The number of anilines is 1. The Bertz CT molecular complexity index is 3300. The lowest BCUT2D eigenvalue weighted by Crippen LogP contribution is -2.45. The molecule has 3 atom stereocenters. The van der Waals surface area contributed by atoms with Gasteiger partial charge in [-0.15, -0.1) is 0 Å². The number of aliphatic carboxylic acids is 1. The highest BCUT2D eigenvalue weighted by Gasteiger charge is 2.68. The molecule has 396 valence electrons. The van der Waals surface area contributed by atoms with E-state index in [1.54, 1.807) is 0 Å². The number of carboxylic acids is 1. The van der Waals surface area contributed by atoms with Crippen LogP contribution in [0.4, 0.5) is 49.7 Å². The maximum atomic E-state index is 15.6. The average Bonchev–Trinajstić information content (AvgIpc) is 3.73. The summed E-state index contributed by atoms with van der Waals surface area (Å²) in [4.78, 5) is 44.7. The van der Waals surface area contributed by atoms with Crippen LogP contribution in [-0.4, -0.2) is 87.7 Å². The van der Waals surface area contributed by atoms with Gasteiger partial charge in [0.2, 0.25) is 21.8 Å². The molecule has 2 N–H and O–H groups in total. The zero-order valence-electron chi connectivity index (χ0n) is 39.2. The molecule has 2 aliphatic rings. The number of hydrogen-bond donors (Lipinski definition) is 2. The third-order valence-electron chi connectivity index (χ3n) is 12.8. The lowest BCUT2D eigenvalue weighted by molar-refractivity contribution is -0.143. The summed E-state index contributed by atoms with van der Waals surface area (Å²) in [6.07, 6.45) is -11.2. The molecule has 0 aliphatic heterocycles. The van der Waals surface area contributed by atoms with Crippen molar-refractivity contribution in [3.8, 4) is 11.1 Å². The largest absolute Gasteiger partial charge is 0.481 e. The highest BCUT2D eigenvalue weighted by Crippen LogP contribution is 2.68. The number of sulfonamides is 1. The van der Waals surface area contributed by atoms with E-state index in [0.717, 1.165) is 44.4 Å². The second kappa shape index (κ2) is 18.5. The molecule has 0 spiro atoms. The number of nitrogens with one attached hydrogen (secondary N) is 1. The minimum atomic E-state index is -5.23. The topological polar surface area (TPSA) is 204 Å². The van der Waals surface area contributed by atoms with Crippen molar-refractivity contribution in [3.05, 3.63) is 93.0 Å². The van der Waals surface area contributed by atoms with E-state index in [2.05, 4.69) is 20.5 Å². The highest BCUT2D eigenvalue weighted by atomic mass is 35.5. The standard InChI is InChI=1S/C45H44ClF10N7O8S2/c1-41(2,18-32(65)66)40(67)63(73(6,70)71)39-34-29(46)10-9-26(36(34)62(60-39)20-43(49,50)51)25-8-7-24(11-12-42(3,4)72(5,68)69)57-35(25)30(15-21-13-22(47)16-23(48)14-21)58-31(64)19-61-38-33(37(59-61)45(54,55)56)27-17-28(27)44(38,52)53/h7-10,13-14,16,27-28,30H,11-12,15,17-20H2,1-6H3,(H,58,64)(H,65,66)/t27-,28?,30-/m0/s1. The van der Waals surface area contributed by atoms with Gasteiger partial charge in [-0.05, 0) is 75.3 Å². The van der Waals surface area contributed by atoms with Gasteiger partial charge in [0.25, 0.3) is 5.92 Å². The number of nitrogens with zero attached hydrogens (tertiary/aromatic N) is 6. The molecular weight excluding hydrogens is 1060 g/mol. The van der Waals surface area contributed by atoms with E-state index >= 15 is 8.78 Å². The van der Waals surface area contributed by atoms with Gasteiger partial charge in [-0.2, -0.15) is 49.6 Å². The lowest BCUT2D eigenvalue weighted by atomic mass is 9.88. The molecule has 2 aromatic carbocycles. The van der Waals surface area contributed by atoms with Gasteiger partial charge in [0.05, 0.1) is 50.5 Å². The van der Waals surface area contributed by atoms with Crippen LogP contribution in [-0.2, 0) is 72.3 Å². The number of fused-ring (bicyclic) bond motifs is 4. The first-order valence-electron chi connectivity index (χ1n) is 21.8. The maximum Gasteiger partial charge on any atom is 0.435 e. The van der Waals surface area contributed by atoms with Crippen LogP contribution < -0.4 is 9.62 Å². The Balaban J connectivity index is 1.48. The minimum absolute atomic E-state index is 0.00263. The van der Waals surface area contributed by atoms with Gasteiger partial charge in [0.15, 0.2) is 21.3 Å². The molecule has 3 heterocycles. The summed E-state index contributed by atoms with van der Waals surface area (Å²) in [6, 6.07) is 5.04. The number of carbonyl (C=O) groups is 3. The molecule has 1 saturated carbocycles. The summed E-state index contributed by atoms with van der Waals surface area (Å²) in [5.74, 6) is -14.2. The summed E-state index contributed by atoms with van der Waals surface area (Å²) in [7, 11) is -8.67. The normalized spacial score (nSPS) is 17.3. The van der Waals surface area contributed by atoms with Crippen molar-refractivity contribution < 1.29 is 80.2 Å². The Morgan fingerprint density at radius 3 is 2.10 bits per heavy atom. The number of aryl methyl sites for hydroxylation is 1. The van der Waals surface area contributed by atoms with Crippen LogP contribution in [0.3, 0.4) is 0 Å². The van der Waals surface area contributed by atoms with Crippen molar-refractivity contribution in [2.45, 2.75) is 108 Å². The molecule has 73 heavy (non-hydrogen) atoms. The monoisotopic (exact) mass is 1100 g/mol. The van der Waals surface area contributed by atoms with Crippen LogP contribution in [0.1, 0.15) is 92.8 Å². The highest BCUT2D eigenvalue weighted by molar-refractivity contribution is 7.93. The van der Waals surface area contributed by atoms with Crippen molar-refractivity contribution in [3.63, 3.8) is 0 Å². The fourth-order valence-electron chi connectivity index (χ4n) is 8.95. The summed E-state index contributed by atoms with van der Waals surface area (Å²) in [6.45, 7) is 1.61. The number of pyridine rings is 1. The Morgan fingerprint density at radius 2 is 1.53 bits per heavy atom. The number of benzene rings is 2. The van der Waals surface area contributed by atoms with Crippen molar-refractivity contribution in [2.75, 3.05) is 16.8 Å². The van der Waals surface area contributed by atoms with Gasteiger partial charge in [-0.25, -0.2) is 25.6 Å². The van der Waals surface area contributed by atoms with Crippen molar-refractivity contribution in [1.29, 1.82) is 0 Å². The fraction of sp³-hybridized carbons (Fsp3) is 0.467. The quantitative estimate of drug-likeness (QED) is 0.0844. The maximum absolute atomic E-state index is 15.6. The molecule has 5 aromatic rings. The van der Waals surface area contributed by atoms with E-state index in [9.17, 15) is 71.4 Å². The molecule has 0 radical (unpaired) electrons. The van der Waals surface area contributed by atoms with Gasteiger partial charge < -0.3 is 10.4 Å². The van der Waals surface area contributed by atoms with E-state index < -0.39 is 166 Å². The van der Waals surface area contributed by atoms with Gasteiger partial charge >= 0.3 is 18.3 Å². The summed E-state index contributed by atoms with van der Waals surface area (Å²) < 4.78 is 199. The van der Waals surface area contributed by atoms with E-state index in [1.165, 1.54) is 26.0 Å². The van der Waals surface area contributed by atoms with Crippen LogP contribution in [0.2, 0.25) is 5.02 Å². The molecule has 0 bridgehead atoms. The third kappa shape index (κ3) is 11.0. The molecule has 1 fully saturated rings. The number of carboxylic acid groups (broad SMARTS) is 1. The van der Waals surface area contributed by atoms with Crippen LogP contribution in [0.5, 0.6) is 0 Å². The number of carbonyl (C=O) groups excluding carboxylic acids is 2. The number of amides is 2. The predicted octanol–water partition coefficient (Wildman–Crippen LogP) is 8.67. The van der Waals surface area contributed by atoms with Crippen LogP contribution in [0.25, 0.3) is 22.0 Å². The summed E-state index contributed by atoms with van der Waals surface area (Å²) in [5.41, 5.74) is -7.51. The Kier molecular flexibility index (Phi) is 13.9. The number of alkyl halides is 8. The number of aromatic nitrogens is 5. The van der Waals surface area contributed by atoms with Crippen molar-refractivity contribution in [2.24, 2.45) is 11.3 Å². The summed E-state index contributed by atoms with van der Waals surface area (Å²) >= 11 is 6.65. The number of rotatable bonds is 17. The second-order valence-electron chi connectivity index (χ2n) is 19.4. The zero-order chi connectivity index (χ0) is 54.5. The average molecular weight is 1100 g/mol. The minimum Gasteiger partial charge on any atom is -0.481 e. The molecule has 15 nitrogen and oxygen atoms in total. The number of sulfone groups is 1. The van der Waals surface area contributed by atoms with Crippen LogP contribution in [0, 0.1) is 23.0 Å². The molecule has 0 saturated heterocycles. The van der Waals surface area contributed by atoms with Gasteiger partial charge in [0, 0.05) is 40.6 Å². The molecule has 2 amide bonds. The van der Waals surface area contributed by atoms with Crippen molar-refractivity contribution >= 4 is 66.0 Å². The van der Waals surface area contributed by atoms with Crippen molar-refractivity contribution in [1.82, 2.24) is 29.9 Å². The van der Waals surface area contributed by atoms with Gasteiger partial charge in [-0.3, -0.25) is 28.7 Å². The Labute approximate surface area is 414 Å².